The molecule has 2 N–H and O–H groups in total. The predicted octanol–water partition coefficient (Wildman–Crippen LogP) is 0.272. The molecule has 1 heterocycles. The first-order chi connectivity index (χ1) is 10.1. The molecule has 1 saturated carbocycles. The molecule has 2 aliphatic rings. The van der Waals surface area contributed by atoms with E-state index in [1.54, 1.807) is 11.9 Å². The second-order valence-corrected chi connectivity index (χ2v) is 6.06. The third-order valence-electron chi connectivity index (χ3n) is 4.83. The average Bonchev–Trinajstić information content (AvgIpc) is 2.55. The van der Waals surface area contributed by atoms with Crippen molar-refractivity contribution in [3.8, 4) is 0 Å². The van der Waals surface area contributed by atoms with Crippen LogP contribution in [0, 0.1) is 0 Å². The lowest BCUT2D eigenvalue weighted by Gasteiger charge is -2.40. The van der Waals surface area contributed by atoms with Gasteiger partial charge in [-0.2, -0.15) is 0 Å². The summed E-state index contributed by atoms with van der Waals surface area (Å²) in [7, 11) is 3.53. The zero-order valence-electron chi connectivity index (χ0n) is 13.1. The van der Waals surface area contributed by atoms with Gasteiger partial charge in [-0.05, 0) is 19.9 Å². The van der Waals surface area contributed by atoms with Gasteiger partial charge in [0.1, 0.15) is 6.04 Å². The van der Waals surface area contributed by atoms with Gasteiger partial charge in [-0.3, -0.25) is 9.59 Å². The van der Waals surface area contributed by atoms with Gasteiger partial charge in [0.25, 0.3) is 0 Å². The fourth-order valence-corrected chi connectivity index (χ4v) is 3.42. The molecule has 21 heavy (non-hydrogen) atoms. The van der Waals surface area contributed by atoms with Crippen LogP contribution < -0.4 is 10.6 Å². The molecule has 1 saturated heterocycles. The molecule has 2 rings (SSSR count). The Morgan fingerprint density at radius 2 is 1.95 bits per heavy atom. The van der Waals surface area contributed by atoms with E-state index in [4.69, 9.17) is 4.74 Å². The van der Waals surface area contributed by atoms with Gasteiger partial charge in [-0.15, -0.1) is 0 Å². The van der Waals surface area contributed by atoms with Gasteiger partial charge in [0, 0.05) is 25.6 Å². The number of ether oxygens (including phenoxy) is 1. The molecule has 0 aromatic rings. The molecule has 0 bridgehead atoms. The van der Waals surface area contributed by atoms with Gasteiger partial charge >= 0.3 is 0 Å². The Morgan fingerprint density at radius 1 is 1.24 bits per heavy atom. The second-order valence-electron chi connectivity index (χ2n) is 6.06. The van der Waals surface area contributed by atoms with Crippen LogP contribution in [0.4, 0.5) is 0 Å². The molecule has 1 aliphatic carbocycles. The molecular formula is C15H27N3O3. The van der Waals surface area contributed by atoms with E-state index < -0.39 is 6.04 Å². The van der Waals surface area contributed by atoms with Crippen molar-refractivity contribution in [2.45, 2.75) is 50.1 Å². The summed E-state index contributed by atoms with van der Waals surface area (Å²) >= 11 is 0. The molecule has 6 heteroatoms. The summed E-state index contributed by atoms with van der Waals surface area (Å²) < 4.78 is 5.36. The second kappa shape index (κ2) is 7.22. The van der Waals surface area contributed by atoms with E-state index in [2.05, 4.69) is 10.6 Å². The summed E-state index contributed by atoms with van der Waals surface area (Å²) in [4.78, 5) is 26.3. The monoisotopic (exact) mass is 297 g/mol. The van der Waals surface area contributed by atoms with E-state index in [1.165, 1.54) is 6.42 Å². The molecule has 1 atom stereocenters. The Bertz CT molecular complexity index is 380. The SMILES string of the molecule is CNC(=O)C1COCCN1C(=O)CC1(NC)CCCCC1. The normalized spacial score (nSPS) is 25.4. The smallest absolute Gasteiger partial charge is 0.244 e. The zero-order chi connectivity index (χ0) is 15.3. The van der Waals surface area contributed by atoms with E-state index >= 15 is 0 Å². The summed E-state index contributed by atoms with van der Waals surface area (Å²) in [5.74, 6) is -0.0895. The number of hydrogen-bond acceptors (Lipinski definition) is 4. The van der Waals surface area contributed by atoms with E-state index in [0.717, 1.165) is 25.7 Å². The Hall–Kier alpha value is -1.14. The summed E-state index contributed by atoms with van der Waals surface area (Å²) in [5.41, 5.74) is -0.0964. The van der Waals surface area contributed by atoms with E-state index in [-0.39, 0.29) is 24.0 Å². The van der Waals surface area contributed by atoms with Gasteiger partial charge in [0.15, 0.2) is 0 Å². The Balaban J connectivity index is 2.04. The Morgan fingerprint density at radius 3 is 2.57 bits per heavy atom. The number of carbonyl (C=O) groups excluding carboxylic acids is 2. The summed E-state index contributed by atoms with van der Waals surface area (Å²) in [6.45, 7) is 1.29. The standard InChI is InChI=1S/C15H27N3O3/c1-16-14(20)12-11-21-9-8-18(12)13(19)10-15(17-2)6-4-3-5-7-15/h12,17H,3-11H2,1-2H3,(H,16,20). The summed E-state index contributed by atoms with van der Waals surface area (Å²) in [6.07, 6.45) is 6.10. The first kappa shape index (κ1) is 16.2. The van der Waals surface area contributed by atoms with E-state index in [1.807, 2.05) is 7.05 Å². The maximum absolute atomic E-state index is 12.7. The molecule has 120 valence electrons. The minimum absolute atomic E-state index is 0.0585. The van der Waals surface area contributed by atoms with Crippen LogP contribution in [0.25, 0.3) is 0 Å². The third-order valence-corrected chi connectivity index (χ3v) is 4.83. The van der Waals surface area contributed by atoms with Crippen LogP contribution in [-0.4, -0.2) is 62.1 Å². The van der Waals surface area contributed by atoms with E-state index in [0.29, 0.717) is 19.6 Å². The highest BCUT2D eigenvalue weighted by atomic mass is 16.5. The van der Waals surface area contributed by atoms with Gasteiger partial charge in [0.05, 0.1) is 13.2 Å². The highest BCUT2D eigenvalue weighted by Gasteiger charge is 2.38. The number of hydrogen-bond donors (Lipinski definition) is 2. The predicted molar refractivity (Wildman–Crippen MR) is 79.9 cm³/mol. The molecular weight excluding hydrogens is 270 g/mol. The van der Waals surface area contributed by atoms with Crippen molar-refractivity contribution in [2.75, 3.05) is 33.9 Å². The molecule has 2 fully saturated rings. The van der Waals surface area contributed by atoms with Crippen molar-refractivity contribution >= 4 is 11.8 Å². The number of nitrogens with one attached hydrogen (secondary N) is 2. The highest BCUT2D eigenvalue weighted by molar-refractivity contribution is 5.88. The van der Waals surface area contributed by atoms with Crippen molar-refractivity contribution in [3.05, 3.63) is 0 Å². The quantitative estimate of drug-likeness (QED) is 0.781. The minimum Gasteiger partial charge on any atom is -0.377 e. The average molecular weight is 297 g/mol. The van der Waals surface area contributed by atoms with Crippen LogP contribution in [0.5, 0.6) is 0 Å². The summed E-state index contributed by atoms with van der Waals surface area (Å²) in [6, 6.07) is -0.492. The highest BCUT2D eigenvalue weighted by Crippen LogP contribution is 2.31. The zero-order valence-corrected chi connectivity index (χ0v) is 13.1. The molecule has 0 aromatic heterocycles. The molecule has 1 aliphatic heterocycles. The number of morpholine rings is 1. The van der Waals surface area contributed by atoms with Crippen LogP contribution in [0.3, 0.4) is 0 Å². The first-order valence-electron chi connectivity index (χ1n) is 7.89. The minimum atomic E-state index is -0.492. The molecule has 1 unspecified atom stereocenters. The van der Waals surface area contributed by atoms with Gasteiger partial charge in [-0.25, -0.2) is 0 Å². The van der Waals surface area contributed by atoms with Crippen molar-refractivity contribution in [3.63, 3.8) is 0 Å². The van der Waals surface area contributed by atoms with Gasteiger partial charge in [-0.1, -0.05) is 19.3 Å². The lowest BCUT2D eigenvalue weighted by molar-refractivity contribution is -0.149. The fraction of sp³-hybridized carbons (Fsp3) is 0.867. The first-order valence-corrected chi connectivity index (χ1v) is 7.89. The van der Waals surface area contributed by atoms with Gasteiger partial charge in [0.2, 0.25) is 11.8 Å². The van der Waals surface area contributed by atoms with Crippen molar-refractivity contribution in [2.24, 2.45) is 0 Å². The molecule has 2 amide bonds. The topological polar surface area (TPSA) is 70.7 Å². The van der Waals surface area contributed by atoms with Crippen molar-refractivity contribution in [1.29, 1.82) is 0 Å². The Kier molecular flexibility index (Phi) is 5.58. The van der Waals surface area contributed by atoms with Gasteiger partial charge < -0.3 is 20.3 Å². The molecule has 0 radical (unpaired) electrons. The third kappa shape index (κ3) is 3.74. The van der Waals surface area contributed by atoms with Crippen LogP contribution in [0.2, 0.25) is 0 Å². The number of rotatable bonds is 4. The lowest BCUT2D eigenvalue weighted by atomic mass is 9.79. The maximum atomic E-state index is 12.7. The number of carbonyl (C=O) groups is 2. The van der Waals surface area contributed by atoms with Crippen molar-refractivity contribution < 1.29 is 14.3 Å². The number of amides is 2. The van der Waals surface area contributed by atoms with Crippen molar-refractivity contribution in [1.82, 2.24) is 15.5 Å². The lowest BCUT2D eigenvalue weighted by Crippen LogP contribution is -2.57. The largest absolute Gasteiger partial charge is 0.377 e. The molecule has 0 spiro atoms. The van der Waals surface area contributed by atoms with Crippen LogP contribution in [0.1, 0.15) is 38.5 Å². The molecule has 6 nitrogen and oxygen atoms in total. The maximum Gasteiger partial charge on any atom is 0.244 e. The molecule has 0 aromatic carbocycles. The number of likely N-dealkylation sites (N-methyl/N-ethyl adjacent to an activating group) is 1. The summed E-state index contributed by atoms with van der Waals surface area (Å²) in [5, 5.41) is 5.98. The fourth-order valence-electron chi connectivity index (χ4n) is 3.42. The van der Waals surface area contributed by atoms with E-state index in [9.17, 15) is 9.59 Å². The van der Waals surface area contributed by atoms with Crippen LogP contribution >= 0.6 is 0 Å². The van der Waals surface area contributed by atoms with Crippen LogP contribution in [0.15, 0.2) is 0 Å². The van der Waals surface area contributed by atoms with Crippen LogP contribution in [-0.2, 0) is 14.3 Å². The number of nitrogens with zero attached hydrogens (tertiary/aromatic N) is 1. The Labute approximate surface area is 126 Å².